The van der Waals surface area contributed by atoms with Gasteiger partial charge in [-0.1, -0.05) is 57.6 Å². The molecule has 1 heterocycles. The van der Waals surface area contributed by atoms with Crippen LogP contribution in [0, 0.1) is 29.5 Å². The number of hydrogen-bond acceptors (Lipinski definition) is 2. The van der Waals surface area contributed by atoms with Gasteiger partial charge in [0.25, 0.3) is 0 Å². The average Bonchev–Trinajstić information content (AvgIpc) is 2.88. The Balaban J connectivity index is 1.24. The van der Waals surface area contributed by atoms with E-state index in [0.29, 0.717) is 49.0 Å². The minimum absolute atomic E-state index is 0.126. The van der Waals surface area contributed by atoms with Crippen LogP contribution in [-0.2, 0) is 9.47 Å². The van der Waals surface area contributed by atoms with Crippen LogP contribution < -0.4 is 0 Å². The van der Waals surface area contributed by atoms with Crippen LogP contribution in [0.3, 0.4) is 0 Å². The predicted molar refractivity (Wildman–Crippen MR) is 134 cm³/mol. The number of ether oxygens (including phenoxy) is 2. The highest BCUT2D eigenvalue weighted by Gasteiger charge is 2.34. The normalized spacial score (nSPS) is 31.9. The topological polar surface area (TPSA) is 18.5 Å². The maximum atomic E-state index is 15.0. The second-order valence-corrected chi connectivity index (χ2v) is 11.4. The fourth-order valence-electron chi connectivity index (χ4n) is 6.59. The van der Waals surface area contributed by atoms with Gasteiger partial charge in [0, 0.05) is 17.4 Å². The molecule has 7 heteroatoms. The first-order chi connectivity index (χ1) is 17.7. The van der Waals surface area contributed by atoms with E-state index in [1.54, 1.807) is 6.07 Å². The number of halogens is 5. The zero-order valence-corrected chi connectivity index (χ0v) is 21.9. The summed E-state index contributed by atoms with van der Waals surface area (Å²) < 4.78 is 78.3. The molecule has 1 aromatic rings. The summed E-state index contributed by atoms with van der Waals surface area (Å²) in [4.78, 5) is 0. The molecule has 3 aliphatic rings. The average molecular weight is 529 g/mol. The summed E-state index contributed by atoms with van der Waals surface area (Å²) in [5, 5.41) is 0. The number of allylic oxidation sites excluding steroid dienone is 2. The van der Waals surface area contributed by atoms with E-state index in [1.165, 1.54) is 57.4 Å². The van der Waals surface area contributed by atoms with Crippen LogP contribution in [0.2, 0.25) is 0 Å². The van der Waals surface area contributed by atoms with Crippen molar-refractivity contribution in [1.29, 1.82) is 0 Å². The van der Waals surface area contributed by atoms with Gasteiger partial charge in [-0.25, -0.2) is 8.78 Å². The minimum Gasteiger partial charge on any atom is -0.348 e. The quantitative estimate of drug-likeness (QED) is 0.247. The zero-order valence-electron chi connectivity index (χ0n) is 21.9. The van der Waals surface area contributed by atoms with Crippen molar-refractivity contribution < 1.29 is 31.4 Å². The Labute approximate surface area is 218 Å². The molecular weight excluding hydrogens is 487 g/mol. The molecule has 0 aromatic heterocycles. The van der Waals surface area contributed by atoms with E-state index in [0.717, 1.165) is 5.92 Å². The first kappa shape index (κ1) is 28.5. The highest BCUT2D eigenvalue weighted by atomic mass is 19.4. The van der Waals surface area contributed by atoms with Gasteiger partial charge in [0.2, 0.25) is 0 Å². The summed E-state index contributed by atoms with van der Waals surface area (Å²) in [7, 11) is 0. The van der Waals surface area contributed by atoms with Crippen molar-refractivity contribution in [3.8, 4) is 0 Å². The minimum atomic E-state index is -4.65. The molecule has 4 rings (SSSR count). The third-order valence-electron chi connectivity index (χ3n) is 8.85. The van der Waals surface area contributed by atoms with Crippen molar-refractivity contribution in [3.63, 3.8) is 0 Å². The van der Waals surface area contributed by atoms with Crippen molar-refractivity contribution in [2.45, 2.75) is 102 Å². The van der Waals surface area contributed by atoms with Gasteiger partial charge in [-0.2, -0.15) is 13.2 Å². The van der Waals surface area contributed by atoms with Crippen LogP contribution in [0.15, 0.2) is 30.1 Å². The Morgan fingerprint density at radius 1 is 0.919 bits per heavy atom. The molecule has 0 spiro atoms. The lowest BCUT2D eigenvalue weighted by Gasteiger charge is -2.38. The number of alkyl halides is 3. The van der Waals surface area contributed by atoms with Gasteiger partial charge >= 0.3 is 6.18 Å². The molecule has 0 atom stereocenters. The molecule has 37 heavy (non-hydrogen) atoms. The molecule has 1 saturated heterocycles. The highest BCUT2D eigenvalue weighted by Crippen LogP contribution is 2.42. The third kappa shape index (κ3) is 8.01. The first-order valence-corrected chi connectivity index (χ1v) is 14.2. The van der Waals surface area contributed by atoms with Gasteiger partial charge in [-0.3, -0.25) is 0 Å². The largest absolute Gasteiger partial charge is 0.412 e. The Kier molecular flexibility index (Phi) is 10.1. The molecule has 0 amide bonds. The Hall–Kier alpha value is -1.47. The standard InChI is InChI=1S/C30H41F5O2/c1-2-3-4-5-20-6-8-21(9-7-20)25-18-36-29(37-19-25)24-14-15-26(27(31)16-24)22-10-12-23(13-11-22)28(32)17-30(33,34)35/h14-17,20-23,25,29H,2-13,18-19H2,1H3/b28-17-. The molecule has 0 N–H and O–H groups in total. The van der Waals surface area contributed by atoms with Crippen molar-refractivity contribution in [2.24, 2.45) is 23.7 Å². The Morgan fingerprint density at radius 3 is 2.19 bits per heavy atom. The zero-order chi connectivity index (χ0) is 26.4. The summed E-state index contributed by atoms with van der Waals surface area (Å²) in [6.45, 7) is 3.50. The SMILES string of the molecule is CCCCCC1CCC(C2COC(c3ccc(C4CCC(/C(F)=C/C(F)(F)F)CC4)c(F)c3)OC2)CC1. The van der Waals surface area contributed by atoms with E-state index < -0.39 is 24.2 Å². The molecule has 0 radical (unpaired) electrons. The van der Waals surface area contributed by atoms with E-state index in [1.807, 2.05) is 6.07 Å². The van der Waals surface area contributed by atoms with Gasteiger partial charge in [0.15, 0.2) is 6.29 Å². The number of hydrogen-bond donors (Lipinski definition) is 0. The Bertz CT molecular complexity index is 874. The van der Waals surface area contributed by atoms with Crippen molar-refractivity contribution in [2.75, 3.05) is 13.2 Å². The van der Waals surface area contributed by atoms with Crippen molar-refractivity contribution in [3.05, 3.63) is 47.0 Å². The van der Waals surface area contributed by atoms with E-state index in [9.17, 15) is 17.6 Å². The van der Waals surface area contributed by atoms with Crippen LogP contribution in [0.4, 0.5) is 22.0 Å². The second kappa shape index (κ2) is 13.1. The number of unbranched alkanes of at least 4 members (excludes halogenated alkanes) is 2. The van der Waals surface area contributed by atoms with Crippen LogP contribution >= 0.6 is 0 Å². The maximum Gasteiger partial charge on any atom is 0.412 e. The van der Waals surface area contributed by atoms with Crippen molar-refractivity contribution in [1.82, 2.24) is 0 Å². The second-order valence-electron chi connectivity index (χ2n) is 11.4. The molecule has 2 nitrogen and oxygen atoms in total. The van der Waals surface area contributed by atoms with Gasteiger partial charge in [0.1, 0.15) is 11.6 Å². The van der Waals surface area contributed by atoms with Crippen LogP contribution in [-0.4, -0.2) is 19.4 Å². The van der Waals surface area contributed by atoms with E-state index in [4.69, 9.17) is 9.47 Å². The molecule has 1 aliphatic heterocycles. The molecule has 0 bridgehead atoms. The van der Waals surface area contributed by atoms with Crippen LogP contribution in [0.1, 0.15) is 107 Å². The fourth-order valence-corrected chi connectivity index (χ4v) is 6.59. The van der Waals surface area contributed by atoms with E-state index in [-0.39, 0.29) is 30.7 Å². The van der Waals surface area contributed by atoms with Crippen molar-refractivity contribution >= 4 is 0 Å². The summed E-state index contributed by atoms with van der Waals surface area (Å²) in [6, 6.07) is 5.01. The molecular formula is C30H41F5O2. The molecule has 2 saturated carbocycles. The summed E-state index contributed by atoms with van der Waals surface area (Å²) >= 11 is 0. The van der Waals surface area contributed by atoms with Crippen LogP contribution in [0.25, 0.3) is 0 Å². The van der Waals surface area contributed by atoms with Gasteiger partial charge in [0.05, 0.1) is 19.3 Å². The highest BCUT2D eigenvalue weighted by molar-refractivity contribution is 5.29. The molecule has 0 unspecified atom stereocenters. The Morgan fingerprint density at radius 2 is 1.59 bits per heavy atom. The van der Waals surface area contributed by atoms with Crippen LogP contribution in [0.5, 0.6) is 0 Å². The number of benzene rings is 1. The predicted octanol–water partition coefficient (Wildman–Crippen LogP) is 9.56. The lowest BCUT2D eigenvalue weighted by Crippen LogP contribution is -2.34. The monoisotopic (exact) mass is 528 g/mol. The third-order valence-corrected chi connectivity index (χ3v) is 8.85. The lowest BCUT2D eigenvalue weighted by molar-refractivity contribution is -0.214. The molecule has 2 aliphatic carbocycles. The maximum absolute atomic E-state index is 15.0. The first-order valence-electron chi connectivity index (χ1n) is 14.2. The number of rotatable bonds is 8. The van der Waals surface area contributed by atoms with Gasteiger partial charge in [-0.05, 0) is 67.9 Å². The summed E-state index contributed by atoms with van der Waals surface area (Å²) in [5.41, 5.74) is 1.18. The fraction of sp³-hybridized carbons (Fsp3) is 0.733. The summed E-state index contributed by atoms with van der Waals surface area (Å²) in [5.74, 6) is -0.457. The smallest absolute Gasteiger partial charge is 0.348 e. The molecule has 1 aromatic carbocycles. The molecule has 208 valence electrons. The van der Waals surface area contributed by atoms with Gasteiger partial charge < -0.3 is 9.47 Å². The lowest BCUT2D eigenvalue weighted by atomic mass is 9.74. The van der Waals surface area contributed by atoms with E-state index in [2.05, 4.69) is 6.92 Å². The molecule has 3 fully saturated rings. The van der Waals surface area contributed by atoms with Gasteiger partial charge in [-0.15, -0.1) is 0 Å². The van der Waals surface area contributed by atoms with E-state index >= 15 is 4.39 Å². The summed E-state index contributed by atoms with van der Waals surface area (Å²) in [6.07, 6.45) is 6.37.